The molecular formula is C13H20Cl2N4. The van der Waals surface area contributed by atoms with Crippen LogP contribution in [0, 0.1) is 5.92 Å². The molecule has 0 bridgehead atoms. The summed E-state index contributed by atoms with van der Waals surface area (Å²) in [6.45, 7) is 6.64. The number of hydrogen-bond acceptors (Lipinski definition) is 4. The SMILES string of the molecule is CC(CNc1nc(Cl)ncc1Cl)CN1CCCCC1. The summed E-state index contributed by atoms with van der Waals surface area (Å²) < 4.78 is 0. The highest BCUT2D eigenvalue weighted by atomic mass is 35.5. The van der Waals surface area contributed by atoms with Crippen LogP contribution in [0.3, 0.4) is 0 Å². The first-order chi connectivity index (χ1) is 9.15. The van der Waals surface area contributed by atoms with Crippen molar-refractivity contribution in [2.75, 3.05) is 31.5 Å². The molecule has 6 heteroatoms. The minimum absolute atomic E-state index is 0.218. The summed E-state index contributed by atoms with van der Waals surface area (Å²) in [5, 5.41) is 3.98. The molecule has 0 saturated carbocycles. The van der Waals surface area contributed by atoms with Crippen molar-refractivity contribution in [3.63, 3.8) is 0 Å². The van der Waals surface area contributed by atoms with Crippen LogP contribution in [-0.4, -0.2) is 41.0 Å². The monoisotopic (exact) mass is 302 g/mol. The van der Waals surface area contributed by atoms with Crippen molar-refractivity contribution in [2.24, 2.45) is 5.92 Å². The molecule has 106 valence electrons. The van der Waals surface area contributed by atoms with E-state index in [1.807, 2.05) is 0 Å². The van der Waals surface area contributed by atoms with Gasteiger partial charge in [0.15, 0.2) is 0 Å². The van der Waals surface area contributed by atoms with Gasteiger partial charge in [-0.25, -0.2) is 4.98 Å². The van der Waals surface area contributed by atoms with Crippen LogP contribution in [0.15, 0.2) is 6.20 Å². The number of piperidine rings is 1. The highest BCUT2D eigenvalue weighted by Crippen LogP contribution is 2.20. The van der Waals surface area contributed by atoms with Gasteiger partial charge in [-0.3, -0.25) is 0 Å². The standard InChI is InChI=1S/C13H20Cl2N4/c1-10(9-19-5-3-2-4-6-19)7-16-12-11(14)8-17-13(15)18-12/h8,10H,2-7,9H2,1H3,(H,16,17,18). The summed E-state index contributed by atoms with van der Waals surface area (Å²) in [4.78, 5) is 10.5. The molecule has 2 rings (SSSR count). The predicted octanol–water partition coefficient (Wildman–Crippen LogP) is 3.32. The van der Waals surface area contributed by atoms with E-state index in [9.17, 15) is 0 Å². The normalized spacial score (nSPS) is 18.3. The van der Waals surface area contributed by atoms with Crippen LogP contribution in [0.25, 0.3) is 0 Å². The van der Waals surface area contributed by atoms with E-state index >= 15 is 0 Å². The molecule has 1 aromatic rings. The van der Waals surface area contributed by atoms with Crippen LogP contribution in [0.2, 0.25) is 10.3 Å². The Balaban J connectivity index is 1.79. The minimum atomic E-state index is 0.218. The molecule has 1 aliphatic rings. The highest BCUT2D eigenvalue weighted by Gasteiger charge is 2.14. The maximum atomic E-state index is 6.01. The highest BCUT2D eigenvalue weighted by molar-refractivity contribution is 6.33. The lowest BCUT2D eigenvalue weighted by molar-refractivity contribution is 0.204. The predicted molar refractivity (Wildman–Crippen MR) is 80.0 cm³/mol. The quantitative estimate of drug-likeness (QED) is 0.847. The molecule has 2 heterocycles. The molecule has 1 N–H and O–H groups in total. The summed E-state index contributed by atoms with van der Waals surface area (Å²) in [5.74, 6) is 1.16. The van der Waals surface area contributed by atoms with E-state index in [2.05, 4.69) is 27.1 Å². The van der Waals surface area contributed by atoms with E-state index in [1.165, 1.54) is 38.5 Å². The Morgan fingerprint density at radius 2 is 2.05 bits per heavy atom. The van der Waals surface area contributed by atoms with E-state index in [4.69, 9.17) is 23.2 Å². The van der Waals surface area contributed by atoms with Gasteiger partial charge in [0.25, 0.3) is 0 Å². The van der Waals surface area contributed by atoms with E-state index in [1.54, 1.807) is 0 Å². The maximum absolute atomic E-state index is 6.01. The van der Waals surface area contributed by atoms with Crippen molar-refractivity contribution in [2.45, 2.75) is 26.2 Å². The molecule has 0 aliphatic carbocycles. The minimum Gasteiger partial charge on any atom is -0.368 e. The second-order valence-electron chi connectivity index (χ2n) is 5.18. The first-order valence-electron chi connectivity index (χ1n) is 6.79. The van der Waals surface area contributed by atoms with Gasteiger partial charge >= 0.3 is 0 Å². The van der Waals surface area contributed by atoms with Crippen LogP contribution in [0.1, 0.15) is 26.2 Å². The van der Waals surface area contributed by atoms with Crippen LogP contribution < -0.4 is 5.32 Å². The summed E-state index contributed by atoms with van der Waals surface area (Å²) >= 11 is 11.8. The zero-order chi connectivity index (χ0) is 13.7. The third kappa shape index (κ3) is 4.79. The number of nitrogens with zero attached hydrogens (tertiary/aromatic N) is 3. The molecule has 1 fully saturated rings. The second-order valence-corrected chi connectivity index (χ2v) is 5.93. The molecule has 0 aromatic carbocycles. The average molecular weight is 303 g/mol. The molecule has 1 aliphatic heterocycles. The van der Waals surface area contributed by atoms with Crippen molar-refractivity contribution in [3.05, 3.63) is 16.5 Å². The first kappa shape index (κ1) is 14.8. The fourth-order valence-corrected chi connectivity index (χ4v) is 2.68. The van der Waals surface area contributed by atoms with Crippen molar-refractivity contribution < 1.29 is 0 Å². The van der Waals surface area contributed by atoms with E-state index in [-0.39, 0.29) is 5.28 Å². The third-order valence-electron chi connectivity index (χ3n) is 3.35. The van der Waals surface area contributed by atoms with E-state index in [0.29, 0.717) is 16.8 Å². The lowest BCUT2D eigenvalue weighted by Crippen LogP contribution is -2.35. The Morgan fingerprint density at radius 1 is 1.32 bits per heavy atom. The molecular weight excluding hydrogens is 283 g/mol. The number of aromatic nitrogens is 2. The van der Waals surface area contributed by atoms with Crippen molar-refractivity contribution in [1.29, 1.82) is 0 Å². The molecule has 19 heavy (non-hydrogen) atoms. The number of nitrogens with one attached hydrogen (secondary N) is 1. The lowest BCUT2D eigenvalue weighted by atomic mass is 10.1. The number of halogens is 2. The molecule has 1 aromatic heterocycles. The van der Waals surface area contributed by atoms with Gasteiger partial charge < -0.3 is 10.2 Å². The third-order valence-corrected chi connectivity index (χ3v) is 3.81. The van der Waals surface area contributed by atoms with Gasteiger partial charge in [-0.1, -0.05) is 24.9 Å². The number of rotatable bonds is 5. The Labute approximate surface area is 124 Å². The summed E-state index contributed by atoms with van der Waals surface area (Å²) in [6, 6.07) is 0. The maximum Gasteiger partial charge on any atom is 0.224 e. The fourth-order valence-electron chi connectivity index (χ4n) is 2.39. The van der Waals surface area contributed by atoms with Gasteiger partial charge in [0.05, 0.1) is 6.20 Å². The Hall–Kier alpha value is -0.580. The van der Waals surface area contributed by atoms with Gasteiger partial charge in [0, 0.05) is 13.1 Å². The van der Waals surface area contributed by atoms with Crippen LogP contribution in [0.5, 0.6) is 0 Å². The van der Waals surface area contributed by atoms with Gasteiger partial charge in [-0.2, -0.15) is 4.98 Å². The lowest BCUT2D eigenvalue weighted by Gasteiger charge is -2.29. The van der Waals surface area contributed by atoms with Crippen molar-refractivity contribution in [3.8, 4) is 0 Å². The number of hydrogen-bond donors (Lipinski definition) is 1. The van der Waals surface area contributed by atoms with Crippen LogP contribution in [-0.2, 0) is 0 Å². The van der Waals surface area contributed by atoms with Crippen LogP contribution in [0.4, 0.5) is 5.82 Å². The fraction of sp³-hybridized carbons (Fsp3) is 0.692. The first-order valence-corrected chi connectivity index (χ1v) is 7.55. The molecule has 0 amide bonds. The van der Waals surface area contributed by atoms with Crippen molar-refractivity contribution in [1.82, 2.24) is 14.9 Å². The number of anilines is 1. The molecule has 4 nitrogen and oxygen atoms in total. The van der Waals surface area contributed by atoms with E-state index in [0.717, 1.165) is 13.1 Å². The summed E-state index contributed by atoms with van der Waals surface area (Å²) in [7, 11) is 0. The molecule has 1 unspecified atom stereocenters. The molecule has 0 radical (unpaired) electrons. The van der Waals surface area contributed by atoms with Gasteiger partial charge in [0.2, 0.25) is 5.28 Å². The summed E-state index contributed by atoms with van der Waals surface area (Å²) in [6.07, 6.45) is 5.55. The smallest absolute Gasteiger partial charge is 0.224 e. The van der Waals surface area contributed by atoms with Crippen LogP contribution >= 0.6 is 23.2 Å². The van der Waals surface area contributed by atoms with Gasteiger partial charge in [0.1, 0.15) is 10.8 Å². The molecule has 1 atom stereocenters. The Morgan fingerprint density at radius 3 is 2.79 bits per heavy atom. The largest absolute Gasteiger partial charge is 0.368 e. The van der Waals surface area contributed by atoms with Gasteiger partial charge in [-0.15, -0.1) is 0 Å². The average Bonchev–Trinajstić information content (AvgIpc) is 2.41. The van der Waals surface area contributed by atoms with E-state index < -0.39 is 0 Å². The second kappa shape index (κ2) is 7.27. The zero-order valence-electron chi connectivity index (χ0n) is 11.2. The Kier molecular flexibility index (Phi) is 5.67. The van der Waals surface area contributed by atoms with Crippen molar-refractivity contribution >= 4 is 29.0 Å². The zero-order valence-corrected chi connectivity index (χ0v) is 12.7. The molecule has 0 spiro atoms. The topological polar surface area (TPSA) is 41.1 Å². The Bertz CT molecular complexity index is 408. The summed E-state index contributed by atoms with van der Waals surface area (Å²) in [5.41, 5.74) is 0. The molecule has 1 saturated heterocycles. The van der Waals surface area contributed by atoms with Gasteiger partial charge in [-0.05, 0) is 43.5 Å². The number of likely N-dealkylation sites (tertiary alicyclic amines) is 1.